The van der Waals surface area contributed by atoms with E-state index in [0.717, 1.165) is 18.3 Å². The number of aryl methyl sites for hydroxylation is 1. The summed E-state index contributed by atoms with van der Waals surface area (Å²) in [6.45, 7) is 1.59. The Hall–Kier alpha value is -3.16. The molecule has 0 saturated carbocycles. The summed E-state index contributed by atoms with van der Waals surface area (Å²) >= 11 is 0. The number of ether oxygens (including phenoxy) is 3. The fraction of sp³-hybridized carbons (Fsp3) is 0.0323. The van der Waals surface area contributed by atoms with Crippen LogP contribution in [0.3, 0.4) is 0 Å². The van der Waals surface area contributed by atoms with Crippen molar-refractivity contribution in [1.82, 2.24) is 29.9 Å². The maximum Gasteiger partial charge on any atom is 0.206 e. The molecule has 0 bridgehead atoms. The van der Waals surface area contributed by atoms with Crippen molar-refractivity contribution in [2.45, 2.75) is 6.92 Å². The van der Waals surface area contributed by atoms with Crippen LogP contribution in [-0.4, -0.2) is 29.9 Å². The Morgan fingerprint density at radius 1 is 0.407 bits per heavy atom. The van der Waals surface area contributed by atoms with Crippen molar-refractivity contribution < 1.29 is 161 Å². The van der Waals surface area contributed by atoms with Gasteiger partial charge < -0.3 is 44.1 Å². The van der Waals surface area contributed by atoms with Crippen LogP contribution in [0, 0.1) is 89.9 Å². The number of hydrogen-bond acceptors (Lipinski definition) is 9. The first-order valence-electron chi connectivity index (χ1n) is 13.2. The molecule has 6 aromatic rings. The van der Waals surface area contributed by atoms with Crippen molar-refractivity contribution in [1.29, 1.82) is 0 Å². The number of rotatable bonds is 6. The molecule has 0 N–H and O–H groups in total. The Morgan fingerprint density at radius 3 is 1.06 bits per heavy atom. The Morgan fingerprint density at radius 2 is 0.722 bits per heavy atom. The van der Waals surface area contributed by atoms with Gasteiger partial charge in [-0.1, -0.05) is 36.8 Å². The smallest absolute Gasteiger partial charge is 0.206 e. The molecule has 3 aromatic carbocycles. The Kier molecular flexibility index (Phi) is 20.8. The number of aromatic nitrogens is 6. The second kappa shape index (κ2) is 23.0. The normalized spacial score (nSPS) is 9.78. The van der Waals surface area contributed by atoms with Crippen LogP contribution < -0.4 is 14.2 Å². The van der Waals surface area contributed by atoms with E-state index in [1.807, 2.05) is 6.33 Å². The minimum Gasteiger partial charge on any atom is -0.493 e. The van der Waals surface area contributed by atoms with Gasteiger partial charge in [-0.05, 0) is 24.6 Å². The number of benzene rings is 3. The van der Waals surface area contributed by atoms with E-state index in [-0.39, 0.29) is 116 Å². The first-order valence-corrected chi connectivity index (χ1v) is 13.2. The van der Waals surface area contributed by atoms with Gasteiger partial charge in [-0.15, -0.1) is 0 Å². The molecule has 3 radical (unpaired) electrons. The first kappa shape index (κ1) is 48.9. The summed E-state index contributed by atoms with van der Waals surface area (Å²) < 4.78 is 158. The molecule has 0 saturated heterocycles. The summed E-state index contributed by atoms with van der Waals surface area (Å²) in [6.07, 6.45) is 10.1. The van der Waals surface area contributed by atoms with E-state index in [0.29, 0.717) is 5.56 Å². The third-order valence-corrected chi connectivity index (χ3v) is 5.53. The molecule has 23 heteroatoms. The Balaban J connectivity index is 0.000000395. The van der Waals surface area contributed by atoms with E-state index >= 15 is 0 Å². The summed E-state index contributed by atoms with van der Waals surface area (Å²) in [4.78, 5) is 20.6. The SMILES string of the molecule is Cc1cc(F)c(Oc2ccn[c-]n2)c(F)c1.Fc1c(F)c(F)c(Oc2ccn[c-]n2)c(F)c1F.Fc1cc(F)c(F)c(Oc2ccn[c-]n2)c1F.[Y].[Y].[Y]. The van der Waals surface area contributed by atoms with Crippen LogP contribution in [0.25, 0.3) is 0 Å². The monoisotopic (exact) mass is 992 g/mol. The first-order chi connectivity index (χ1) is 24.3. The third kappa shape index (κ3) is 13.0. The van der Waals surface area contributed by atoms with Crippen LogP contribution in [-0.2, 0) is 98.1 Å². The standard InChI is InChI=1S/C11H7F2N2O.C10H2F5N2O.C10H3F4N2O.3Y/c1-7-4-8(12)11(9(13)5-7)16-10-2-3-14-6-15-10;11-5-6(12)8(14)10(9(15)7(5)13)18-4-1-2-16-3-17-4;11-5-3-6(12)9(14)10(8(5)13)17-7-1-2-15-4-16-7;;;/h2-5H,1H3;1-2H;1-3H;;;/q3*-1;;;. The summed E-state index contributed by atoms with van der Waals surface area (Å²) in [5.41, 5.74) is 0.483. The quantitative estimate of drug-likeness (QED) is 0.0711. The molecule has 6 rings (SSSR count). The van der Waals surface area contributed by atoms with Gasteiger partial charge in [0.1, 0.15) is 17.6 Å². The second-order valence-electron chi connectivity index (χ2n) is 9.04. The van der Waals surface area contributed by atoms with Gasteiger partial charge in [0, 0.05) is 123 Å². The maximum atomic E-state index is 13.4. The van der Waals surface area contributed by atoms with Gasteiger partial charge in [0.25, 0.3) is 0 Å². The van der Waals surface area contributed by atoms with Crippen LogP contribution in [0.1, 0.15) is 5.56 Å². The van der Waals surface area contributed by atoms with Gasteiger partial charge >= 0.3 is 0 Å². The minimum atomic E-state index is -2.26. The molecule has 0 aliphatic rings. The van der Waals surface area contributed by atoms with E-state index in [4.69, 9.17) is 4.74 Å². The molecule has 0 unspecified atom stereocenters. The zero-order valence-corrected chi connectivity index (χ0v) is 35.0. The average Bonchev–Trinajstić information content (AvgIpc) is 3.13. The van der Waals surface area contributed by atoms with E-state index in [2.05, 4.69) is 52.0 Å². The van der Waals surface area contributed by atoms with E-state index in [9.17, 15) is 48.3 Å². The van der Waals surface area contributed by atoms with Gasteiger partial charge in [0.05, 0.1) is 0 Å². The molecule has 0 aliphatic carbocycles. The summed E-state index contributed by atoms with van der Waals surface area (Å²) in [5, 5.41) is 0. The van der Waals surface area contributed by atoms with Crippen molar-refractivity contribution in [3.05, 3.63) is 144 Å². The fourth-order valence-corrected chi connectivity index (χ4v) is 3.33. The Bertz CT molecular complexity index is 2060. The second-order valence-corrected chi connectivity index (χ2v) is 9.04. The van der Waals surface area contributed by atoms with Crippen LogP contribution in [0.5, 0.6) is 34.9 Å². The van der Waals surface area contributed by atoms with E-state index in [1.165, 1.54) is 30.6 Å². The van der Waals surface area contributed by atoms with Gasteiger partial charge in [0.15, 0.2) is 40.5 Å². The number of hydrogen-bond donors (Lipinski definition) is 0. The van der Waals surface area contributed by atoms with Crippen molar-refractivity contribution in [3.8, 4) is 34.9 Å². The molecule has 0 aliphatic heterocycles. The molecule has 273 valence electrons. The summed E-state index contributed by atoms with van der Waals surface area (Å²) in [5.74, 6) is -22.3. The van der Waals surface area contributed by atoms with Crippen LogP contribution in [0.4, 0.5) is 48.3 Å². The van der Waals surface area contributed by atoms with Gasteiger partial charge in [-0.3, -0.25) is 0 Å². The molecule has 3 aromatic heterocycles. The molecule has 3 heterocycles. The van der Waals surface area contributed by atoms with Crippen LogP contribution in [0.15, 0.2) is 55.0 Å². The largest absolute Gasteiger partial charge is 0.493 e. The van der Waals surface area contributed by atoms with Crippen molar-refractivity contribution in [2.24, 2.45) is 0 Å². The molecular weight excluding hydrogens is 980 g/mol. The molecule has 0 amide bonds. The predicted molar refractivity (Wildman–Crippen MR) is 146 cm³/mol. The zero-order valence-electron chi connectivity index (χ0n) is 26.5. The van der Waals surface area contributed by atoms with Crippen LogP contribution >= 0.6 is 0 Å². The molecule has 0 atom stereocenters. The predicted octanol–water partition coefficient (Wildman–Crippen LogP) is 8.04. The zero-order chi connectivity index (χ0) is 37.2. The molecule has 9 nitrogen and oxygen atoms in total. The van der Waals surface area contributed by atoms with E-state index < -0.39 is 87.1 Å². The maximum absolute atomic E-state index is 13.4. The van der Waals surface area contributed by atoms with Crippen molar-refractivity contribution in [3.63, 3.8) is 0 Å². The van der Waals surface area contributed by atoms with Crippen LogP contribution in [0.2, 0.25) is 0 Å². The molecule has 0 fully saturated rings. The third-order valence-electron chi connectivity index (χ3n) is 5.53. The summed E-state index contributed by atoms with van der Waals surface area (Å²) in [6, 6.07) is 6.05. The fourth-order valence-electron chi connectivity index (χ4n) is 3.33. The number of nitrogens with zero attached hydrogens (tertiary/aromatic N) is 6. The summed E-state index contributed by atoms with van der Waals surface area (Å²) in [7, 11) is 0. The van der Waals surface area contributed by atoms with Crippen molar-refractivity contribution in [2.75, 3.05) is 0 Å². The van der Waals surface area contributed by atoms with Gasteiger partial charge in [-0.25, -0.2) is 30.7 Å². The van der Waals surface area contributed by atoms with Gasteiger partial charge in [-0.2, -0.15) is 17.6 Å². The Labute approximate surface area is 372 Å². The van der Waals surface area contributed by atoms with E-state index in [1.54, 1.807) is 6.92 Å². The average molecular weight is 992 g/mol. The number of halogens is 11. The minimum absolute atomic E-state index is 0. The van der Waals surface area contributed by atoms with Crippen molar-refractivity contribution >= 4 is 0 Å². The molecule has 0 spiro atoms. The molecule has 54 heavy (non-hydrogen) atoms. The van der Waals surface area contributed by atoms with Gasteiger partial charge in [0.2, 0.25) is 40.7 Å². The topological polar surface area (TPSA) is 105 Å². The molecular formula is C31H12F11N6O3Y3-3.